The molecule has 2 aromatic heterocycles. The van der Waals surface area contributed by atoms with E-state index in [9.17, 15) is 4.79 Å². The zero-order valence-electron chi connectivity index (χ0n) is 14.3. The minimum absolute atomic E-state index is 0.242. The molecule has 1 amide bonds. The van der Waals surface area contributed by atoms with Crippen LogP contribution >= 0.6 is 15.9 Å². The Balaban J connectivity index is 1.67. The lowest BCUT2D eigenvalue weighted by Gasteiger charge is -2.10. The average Bonchev–Trinajstić information content (AvgIpc) is 3.03. The second kappa shape index (κ2) is 8.01. The second-order valence-electron chi connectivity index (χ2n) is 5.48. The van der Waals surface area contributed by atoms with Crippen molar-refractivity contribution in [1.82, 2.24) is 9.97 Å². The lowest BCUT2D eigenvalue weighted by atomic mass is 10.2. The summed E-state index contributed by atoms with van der Waals surface area (Å²) in [5.41, 5.74) is 1.52. The van der Waals surface area contributed by atoms with Gasteiger partial charge in [0.2, 0.25) is 0 Å². The number of anilines is 4. The van der Waals surface area contributed by atoms with Gasteiger partial charge in [-0.15, -0.1) is 0 Å². The van der Waals surface area contributed by atoms with Gasteiger partial charge < -0.3 is 20.4 Å². The van der Waals surface area contributed by atoms with Crippen molar-refractivity contribution in [2.45, 2.75) is 13.8 Å². The van der Waals surface area contributed by atoms with E-state index in [-0.39, 0.29) is 11.7 Å². The van der Waals surface area contributed by atoms with Crippen LogP contribution in [0.4, 0.5) is 23.0 Å². The molecular weight excluding hydrogens is 398 g/mol. The summed E-state index contributed by atoms with van der Waals surface area (Å²) < 4.78 is 5.75. The zero-order chi connectivity index (χ0) is 18.5. The summed E-state index contributed by atoms with van der Waals surface area (Å²) in [4.78, 5) is 20.8. The molecule has 0 saturated heterocycles. The number of furan rings is 1. The van der Waals surface area contributed by atoms with Crippen molar-refractivity contribution in [1.29, 1.82) is 0 Å². The summed E-state index contributed by atoms with van der Waals surface area (Å²) >= 11 is 3.18. The van der Waals surface area contributed by atoms with Crippen LogP contribution in [0.5, 0.6) is 0 Å². The van der Waals surface area contributed by atoms with Crippen molar-refractivity contribution in [2.24, 2.45) is 0 Å². The zero-order valence-corrected chi connectivity index (χ0v) is 15.9. The van der Waals surface area contributed by atoms with E-state index in [1.807, 2.05) is 32.0 Å². The van der Waals surface area contributed by atoms with Crippen molar-refractivity contribution in [2.75, 3.05) is 22.5 Å². The van der Waals surface area contributed by atoms with Crippen LogP contribution in [0.1, 0.15) is 23.3 Å². The predicted molar refractivity (Wildman–Crippen MR) is 105 cm³/mol. The number of benzene rings is 1. The standard InChI is InChI=1S/C18H18BrN5O2/c1-3-20-16-10-17(22-11(2)21-16)23-12-4-6-13(7-5-12)24-18(25)14-8-9-15(19)26-14/h4-10H,3H2,1-2H3,(H,24,25)(H2,20,21,22,23). The number of nitrogens with one attached hydrogen (secondary N) is 3. The normalized spacial score (nSPS) is 10.4. The van der Waals surface area contributed by atoms with Gasteiger partial charge in [-0.1, -0.05) is 0 Å². The molecular formula is C18H18BrN5O2. The van der Waals surface area contributed by atoms with Gasteiger partial charge >= 0.3 is 0 Å². The van der Waals surface area contributed by atoms with Gasteiger partial charge in [0.1, 0.15) is 17.5 Å². The summed E-state index contributed by atoms with van der Waals surface area (Å²) in [5.74, 6) is 2.09. The summed E-state index contributed by atoms with van der Waals surface area (Å²) in [6.45, 7) is 4.65. The van der Waals surface area contributed by atoms with E-state index < -0.39 is 0 Å². The summed E-state index contributed by atoms with van der Waals surface area (Å²) in [5, 5.41) is 9.18. The van der Waals surface area contributed by atoms with Crippen molar-refractivity contribution < 1.29 is 9.21 Å². The number of rotatable bonds is 6. The monoisotopic (exact) mass is 415 g/mol. The topological polar surface area (TPSA) is 92.1 Å². The third-order valence-corrected chi connectivity index (χ3v) is 3.83. The fraction of sp³-hybridized carbons (Fsp3) is 0.167. The Morgan fingerprint density at radius 2 is 1.77 bits per heavy atom. The first-order valence-electron chi connectivity index (χ1n) is 8.07. The van der Waals surface area contributed by atoms with Crippen LogP contribution in [0.25, 0.3) is 0 Å². The molecule has 0 unspecified atom stereocenters. The van der Waals surface area contributed by atoms with Gasteiger partial charge in [0.05, 0.1) is 0 Å². The number of amides is 1. The highest BCUT2D eigenvalue weighted by Crippen LogP contribution is 2.21. The third kappa shape index (κ3) is 4.60. The van der Waals surface area contributed by atoms with Gasteiger partial charge in [-0.05, 0) is 66.2 Å². The Bertz CT molecular complexity index is 908. The number of halogens is 1. The number of hydrogen-bond acceptors (Lipinski definition) is 6. The molecule has 3 rings (SSSR count). The van der Waals surface area contributed by atoms with E-state index in [0.717, 1.165) is 18.1 Å². The van der Waals surface area contributed by atoms with Crippen molar-refractivity contribution in [3.8, 4) is 0 Å². The van der Waals surface area contributed by atoms with Gasteiger partial charge in [-0.25, -0.2) is 9.97 Å². The fourth-order valence-corrected chi connectivity index (χ4v) is 2.62. The van der Waals surface area contributed by atoms with Gasteiger partial charge in [0.25, 0.3) is 5.91 Å². The molecule has 0 saturated carbocycles. The van der Waals surface area contributed by atoms with E-state index in [0.29, 0.717) is 22.0 Å². The van der Waals surface area contributed by atoms with Gasteiger partial charge in [-0.3, -0.25) is 4.79 Å². The Hall–Kier alpha value is -2.87. The summed E-state index contributed by atoms with van der Waals surface area (Å²) in [6, 6.07) is 12.5. The molecule has 0 aliphatic carbocycles. The average molecular weight is 416 g/mol. The number of hydrogen-bond donors (Lipinski definition) is 3. The number of carbonyl (C=O) groups is 1. The maximum atomic E-state index is 12.1. The van der Waals surface area contributed by atoms with Crippen LogP contribution in [-0.2, 0) is 0 Å². The van der Waals surface area contributed by atoms with E-state index in [2.05, 4.69) is 41.8 Å². The Kier molecular flexibility index (Phi) is 5.52. The largest absolute Gasteiger partial charge is 0.444 e. The maximum Gasteiger partial charge on any atom is 0.291 e. The van der Waals surface area contributed by atoms with Crippen LogP contribution in [0, 0.1) is 6.92 Å². The summed E-state index contributed by atoms with van der Waals surface area (Å²) in [7, 11) is 0. The van der Waals surface area contributed by atoms with E-state index in [1.54, 1.807) is 24.3 Å². The molecule has 8 heteroatoms. The highest BCUT2D eigenvalue weighted by atomic mass is 79.9. The van der Waals surface area contributed by atoms with Crippen LogP contribution in [-0.4, -0.2) is 22.4 Å². The van der Waals surface area contributed by atoms with Crippen molar-refractivity contribution >= 4 is 44.8 Å². The molecule has 0 aliphatic rings. The minimum Gasteiger partial charge on any atom is -0.444 e. The van der Waals surface area contributed by atoms with Gasteiger partial charge in [0, 0.05) is 24.0 Å². The lowest BCUT2D eigenvalue weighted by Crippen LogP contribution is -2.10. The highest BCUT2D eigenvalue weighted by molar-refractivity contribution is 9.10. The molecule has 3 N–H and O–H groups in total. The molecule has 26 heavy (non-hydrogen) atoms. The Labute approximate surface area is 159 Å². The number of nitrogens with zero attached hydrogens (tertiary/aromatic N) is 2. The number of aryl methyl sites for hydroxylation is 1. The van der Waals surface area contributed by atoms with Crippen LogP contribution in [0.15, 0.2) is 51.6 Å². The van der Waals surface area contributed by atoms with Crippen LogP contribution < -0.4 is 16.0 Å². The first-order chi connectivity index (χ1) is 12.5. The van der Waals surface area contributed by atoms with Crippen LogP contribution in [0.2, 0.25) is 0 Å². The van der Waals surface area contributed by atoms with Crippen molar-refractivity contribution in [3.63, 3.8) is 0 Å². The molecule has 0 radical (unpaired) electrons. The van der Waals surface area contributed by atoms with E-state index >= 15 is 0 Å². The molecule has 3 aromatic rings. The maximum absolute atomic E-state index is 12.1. The van der Waals surface area contributed by atoms with Gasteiger partial charge in [-0.2, -0.15) is 0 Å². The first kappa shape index (κ1) is 17.9. The molecule has 0 aliphatic heterocycles. The molecule has 7 nitrogen and oxygen atoms in total. The second-order valence-corrected chi connectivity index (χ2v) is 6.26. The molecule has 0 spiro atoms. The van der Waals surface area contributed by atoms with E-state index in [1.165, 1.54) is 0 Å². The Morgan fingerprint density at radius 3 is 2.42 bits per heavy atom. The molecule has 2 heterocycles. The smallest absolute Gasteiger partial charge is 0.291 e. The van der Waals surface area contributed by atoms with E-state index in [4.69, 9.17) is 4.42 Å². The quantitative estimate of drug-likeness (QED) is 0.545. The molecule has 134 valence electrons. The number of carbonyl (C=O) groups excluding carboxylic acids is 1. The SMILES string of the molecule is CCNc1cc(Nc2ccc(NC(=O)c3ccc(Br)o3)cc2)nc(C)n1. The molecule has 0 bridgehead atoms. The van der Waals surface area contributed by atoms with Gasteiger partial charge in [0.15, 0.2) is 10.4 Å². The molecule has 1 aromatic carbocycles. The van der Waals surface area contributed by atoms with Crippen molar-refractivity contribution in [3.05, 3.63) is 58.7 Å². The highest BCUT2D eigenvalue weighted by Gasteiger charge is 2.10. The first-order valence-corrected chi connectivity index (χ1v) is 8.86. The minimum atomic E-state index is -0.307. The van der Waals surface area contributed by atoms with Crippen LogP contribution in [0.3, 0.4) is 0 Å². The Morgan fingerprint density at radius 1 is 1.08 bits per heavy atom. The predicted octanol–water partition coefficient (Wildman–Crippen LogP) is 4.57. The summed E-state index contributed by atoms with van der Waals surface area (Å²) in [6.07, 6.45) is 0. The molecule has 0 atom stereocenters. The molecule has 0 fully saturated rings. The number of aromatic nitrogens is 2. The fourth-order valence-electron chi connectivity index (χ4n) is 2.32. The lowest BCUT2D eigenvalue weighted by molar-refractivity contribution is 0.0995. The third-order valence-electron chi connectivity index (χ3n) is 3.41.